The molecule has 0 aliphatic carbocycles. The zero-order valence-corrected chi connectivity index (χ0v) is 11.0. The van der Waals surface area contributed by atoms with E-state index in [1.165, 1.54) is 5.56 Å². The van der Waals surface area contributed by atoms with Crippen LogP contribution < -0.4 is 0 Å². The Bertz CT molecular complexity index is 809. The highest BCUT2D eigenvalue weighted by molar-refractivity contribution is 5.96. The minimum atomic E-state index is -0.939. The lowest BCUT2D eigenvalue weighted by molar-refractivity contribution is 0.0697. The van der Waals surface area contributed by atoms with Crippen LogP contribution in [0.25, 0.3) is 22.2 Å². The van der Waals surface area contributed by atoms with Crippen LogP contribution in [0.15, 0.2) is 54.6 Å². The van der Waals surface area contributed by atoms with E-state index in [1.807, 2.05) is 37.3 Å². The monoisotopic (exact) mass is 263 g/mol. The second-order valence-electron chi connectivity index (χ2n) is 4.74. The largest absolute Gasteiger partial charge is 0.478 e. The van der Waals surface area contributed by atoms with Crippen LogP contribution >= 0.6 is 0 Å². The molecule has 3 aromatic rings. The number of fused-ring (bicyclic) bond motifs is 1. The molecule has 20 heavy (non-hydrogen) atoms. The number of carboxylic acids is 1. The van der Waals surface area contributed by atoms with Gasteiger partial charge >= 0.3 is 5.97 Å². The van der Waals surface area contributed by atoms with Crippen LogP contribution in [0.4, 0.5) is 0 Å². The van der Waals surface area contributed by atoms with Gasteiger partial charge in [0, 0.05) is 10.9 Å². The number of pyridine rings is 1. The minimum Gasteiger partial charge on any atom is -0.478 e. The van der Waals surface area contributed by atoms with E-state index < -0.39 is 5.97 Å². The van der Waals surface area contributed by atoms with Gasteiger partial charge in [0.2, 0.25) is 0 Å². The molecule has 0 saturated carbocycles. The number of hydrogen-bond donors (Lipinski definition) is 1. The number of carboxylic acid groups (broad SMARTS) is 1. The molecule has 0 spiro atoms. The molecule has 0 atom stereocenters. The molecule has 0 bridgehead atoms. The fourth-order valence-corrected chi connectivity index (χ4v) is 2.29. The summed E-state index contributed by atoms with van der Waals surface area (Å²) < 4.78 is 0. The van der Waals surface area contributed by atoms with E-state index in [0.29, 0.717) is 11.3 Å². The Hall–Kier alpha value is -2.68. The summed E-state index contributed by atoms with van der Waals surface area (Å²) in [5.41, 5.74) is 3.64. The van der Waals surface area contributed by atoms with Crippen molar-refractivity contribution in [1.29, 1.82) is 0 Å². The molecule has 3 rings (SSSR count). The summed E-state index contributed by atoms with van der Waals surface area (Å²) in [5, 5.41) is 10.3. The minimum absolute atomic E-state index is 0.270. The van der Waals surface area contributed by atoms with E-state index in [-0.39, 0.29) is 5.56 Å². The summed E-state index contributed by atoms with van der Waals surface area (Å²) in [7, 11) is 0. The van der Waals surface area contributed by atoms with Crippen molar-refractivity contribution < 1.29 is 9.90 Å². The number of hydrogen-bond acceptors (Lipinski definition) is 2. The lowest BCUT2D eigenvalue weighted by Crippen LogP contribution is -2.00. The van der Waals surface area contributed by atoms with Gasteiger partial charge in [-0.1, -0.05) is 35.9 Å². The van der Waals surface area contributed by atoms with Gasteiger partial charge in [0.1, 0.15) is 0 Å². The molecule has 0 amide bonds. The molecule has 0 unspecified atom stereocenters. The SMILES string of the molecule is Cc1ccc2nc(-c3ccccc3C(=O)O)ccc2c1. The first-order chi connectivity index (χ1) is 9.65. The molecule has 1 heterocycles. The van der Waals surface area contributed by atoms with Gasteiger partial charge in [-0.15, -0.1) is 0 Å². The molecule has 0 aliphatic rings. The molecule has 0 radical (unpaired) electrons. The van der Waals surface area contributed by atoms with Gasteiger partial charge in [-0.05, 0) is 31.2 Å². The lowest BCUT2D eigenvalue weighted by atomic mass is 10.0. The highest BCUT2D eigenvalue weighted by Gasteiger charge is 2.12. The van der Waals surface area contributed by atoms with Crippen molar-refractivity contribution in [3.05, 3.63) is 65.7 Å². The maximum atomic E-state index is 11.3. The first-order valence-electron chi connectivity index (χ1n) is 6.35. The Morgan fingerprint density at radius 2 is 1.85 bits per heavy atom. The van der Waals surface area contributed by atoms with E-state index >= 15 is 0 Å². The molecule has 98 valence electrons. The number of benzene rings is 2. The van der Waals surface area contributed by atoms with Crippen molar-refractivity contribution in [2.75, 3.05) is 0 Å². The fraction of sp³-hybridized carbons (Fsp3) is 0.0588. The first-order valence-corrected chi connectivity index (χ1v) is 6.35. The normalized spacial score (nSPS) is 10.7. The third-order valence-corrected chi connectivity index (χ3v) is 3.28. The van der Waals surface area contributed by atoms with E-state index in [2.05, 4.69) is 11.1 Å². The van der Waals surface area contributed by atoms with Gasteiger partial charge in [-0.3, -0.25) is 0 Å². The smallest absolute Gasteiger partial charge is 0.336 e. The predicted octanol–water partition coefficient (Wildman–Crippen LogP) is 3.91. The van der Waals surface area contributed by atoms with Crippen LogP contribution in [0.2, 0.25) is 0 Å². The quantitative estimate of drug-likeness (QED) is 0.762. The molecule has 3 nitrogen and oxygen atoms in total. The highest BCUT2D eigenvalue weighted by Crippen LogP contribution is 2.24. The summed E-state index contributed by atoms with van der Waals surface area (Å²) >= 11 is 0. The molecule has 2 aromatic carbocycles. The number of nitrogens with zero attached hydrogens (tertiary/aromatic N) is 1. The molecule has 0 aliphatic heterocycles. The summed E-state index contributed by atoms with van der Waals surface area (Å²) in [6.45, 7) is 2.03. The van der Waals surface area contributed by atoms with Gasteiger partial charge in [0.25, 0.3) is 0 Å². The van der Waals surface area contributed by atoms with Crippen LogP contribution in [0.3, 0.4) is 0 Å². The molecule has 0 saturated heterocycles. The van der Waals surface area contributed by atoms with E-state index in [0.717, 1.165) is 10.9 Å². The summed E-state index contributed by atoms with van der Waals surface area (Å²) in [5.74, 6) is -0.939. The van der Waals surface area contributed by atoms with Gasteiger partial charge in [-0.2, -0.15) is 0 Å². The molecule has 0 fully saturated rings. The Kier molecular flexibility index (Phi) is 2.95. The van der Waals surface area contributed by atoms with Crippen molar-refractivity contribution in [2.45, 2.75) is 6.92 Å². The molecular weight excluding hydrogens is 250 g/mol. The molecule has 3 heteroatoms. The van der Waals surface area contributed by atoms with Gasteiger partial charge in [-0.25, -0.2) is 9.78 Å². The summed E-state index contributed by atoms with van der Waals surface area (Å²) in [4.78, 5) is 15.8. The molecule has 1 aromatic heterocycles. The van der Waals surface area contributed by atoms with E-state index in [1.54, 1.807) is 18.2 Å². The molecular formula is C17H13NO2. The van der Waals surface area contributed by atoms with Crippen LogP contribution in [-0.4, -0.2) is 16.1 Å². The predicted molar refractivity (Wildman–Crippen MR) is 78.9 cm³/mol. The third kappa shape index (κ3) is 2.14. The number of carbonyl (C=O) groups is 1. The zero-order chi connectivity index (χ0) is 14.1. The average Bonchev–Trinajstić information content (AvgIpc) is 2.46. The van der Waals surface area contributed by atoms with E-state index in [4.69, 9.17) is 0 Å². The molecule has 1 N–H and O–H groups in total. The van der Waals surface area contributed by atoms with Gasteiger partial charge in [0.15, 0.2) is 0 Å². The standard InChI is InChI=1S/C17H13NO2/c1-11-6-8-15-12(10-11)7-9-16(18-15)13-4-2-3-5-14(13)17(19)20/h2-10H,1H3,(H,19,20). The van der Waals surface area contributed by atoms with E-state index in [9.17, 15) is 9.90 Å². The maximum Gasteiger partial charge on any atom is 0.336 e. The Morgan fingerprint density at radius 1 is 1.05 bits per heavy atom. The van der Waals surface area contributed by atoms with Gasteiger partial charge < -0.3 is 5.11 Å². The van der Waals surface area contributed by atoms with Crippen LogP contribution in [-0.2, 0) is 0 Å². The second-order valence-corrected chi connectivity index (χ2v) is 4.74. The highest BCUT2D eigenvalue weighted by atomic mass is 16.4. The second kappa shape index (κ2) is 4.78. The van der Waals surface area contributed by atoms with Crippen molar-refractivity contribution in [1.82, 2.24) is 4.98 Å². The first kappa shape index (κ1) is 12.4. The van der Waals surface area contributed by atoms with Crippen LogP contribution in [0.5, 0.6) is 0 Å². The zero-order valence-electron chi connectivity index (χ0n) is 11.0. The third-order valence-electron chi connectivity index (χ3n) is 3.28. The topological polar surface area (TPSA) is 50.2 Å². The van der Waals surface area contributed by atoms with Gasteiger partial charge in [0.05, 0.1) is 16.8 Å². The van der Waals surface area contributed by atoms with Crippen LogP contribution in [0.1, 0.15) is 15.9 Å². The Morgan fingerprint density at radius 3 is 2.65 bits per heavy atom. The van der Waals surface area contributed by atoms with Crippen molar-refractivity contribution in [3.8, 4) is 11.3 Å². The number of aromatic nitrogens is 1. The van der Waals surface area contributed by atoms with Crippen LogP contribution in [0, 0.1) is 6.92 Å². The maximum absolute atomic E-state index is 11.3. The Balaban J connectivity index is 2.20. The number of aryl methyl sites for hydroxylation is 1. The Labute approximate surface area is 116 Å². The summed E-state index contributed by atoms with van der Waals surface area (Å²) in [6.07, 6.45) is 0. The van der Waals surface area contributed by atoms with Crippen molar-refractivity contribution in [3.63, 3.8) is 0 Å². The summed E-state index contributed by atoms with van der Waals surface area (Å²) in [6, 6.07) is 16.8. The average molecular weight is 263 g/mol. The number of aromatic carboxylic acids is 1. The van der Waals surface area contributed by atoms with Crippen molar-refractivity contribution >= 4 is 16.9 Å². The lowest BCUT2D eigenvalue weighted by Gasteiger charge is -2.07. The fourth-order valence-electron chi connectivity index (χ4n) is 2.29. The van der Waals surface area contributed by atoms with Crippen molar-refractivity contribution in [2.24, 2.45) is 0 Å². The number of rotatable bonds is 2.